The minimum Gasteiger partial charge on any atom is -0.496 e. The van der Waals surface area contributed by atoms with Crippen molar-refractivity contribution >= 4 is 0 Å². The fraction of sp³-hybridized carbons (Fsp3) is 0.667. The Hall–Kier alpha value is -1.02. The third-order valence-electron chi connectivity index (χ3n) is 4.44. The topological polar surface area (TPSA) is 21.3 Å². The monoisotopic (exact) mass is 275 g/mol. The van der Waals surface area contributed by atoms with Gasteiger partial charge in [0.2, 0.25) is 0 Å². The number of nitrogens with one attached hydrogen (secondary N) is 1. The van der Waals surface area contributed by atoms with Crippen molar-refractivity contribution in [2.45, 2.75) is 65.0 Å². The second-order valence-corrected chi connectivity index (χ2v) is 7.04. The van der Waals surface area contributed by atoms with Crippen molar-refractivity contribution in [3.8, 4) is 5.75 Å². The van der Waals surface area contributed by atoms with E-state index in [4.69, 9.17) is 4.74 Å². The maximum absolute atomic E-state index is 5.44. The van der Waals surface area contributed by atoms with Crippen LogP contribution in [0.3, 0.4) is 0 Å². The van der Waals surface area contributed by atoms with E-state index in [1.54, 1.807) is 7.11 Å². The highest BCUT2D eigenvalue weighted by atomic mass is 16.5. The number of para-hydroxylation sites is 1. The third kappa shape index (κ3) is 4.24. The Balaban J connectivity index is 1.90. The average molecular weight is 275 g/mol. The van der Waals surface area contributed by atoms with Gasteiger partial charge in [-0.3, -0.25) is 0 Å². The van der Waals surface area contributed by atoms with Crippen LogP contribution in [0, 0.1) is 5.41 Å². The van der Waals surface area contributed by atoms with Gasteiger partial charge >= 0.3 is 0 Å². The summed E-state index contributed by atoms with van der Waals surface area (Å²) in [5, 5.41) is 3.82. The Morgan fingerprint density at radius 1 is 1.35 bits per heavy atom. The SMILES string of the molecule is COc1ccccc1CC(C)NC1CCCC(C)(C)C1. The molecule has 1 aliphatic rings. The summed E-state index contributed by atoms with van der Waals surface area (Å²) in [5.74, 6) is 1.00. The lowest BCUT2D eigenvalue weighted by atomic mass is 9.75. The molecule has 2 atom stereocenters. The second kappa shape index (κ2) is 6.62. The van der Waals surface area contributed by atoms with Crippen LogP contribution in [-0.2, 0) is 6.42 Å². The summed E-state index contributed by atoms with van der Waals surface area (Å²) in [4.78, 5) is 0. The molecule has 1 fully saturated rings. The van der Waals surface area contributed by atoms with Gasteiger partial charge in [-0.1, -0.05) is 38.5 Å². The zero-order valence-corrected chi connectivity index (χ0v) is 13.4. The number of rotatable bonds is 5. The Bertz CT molecular complexity index is 427. The molecular weight excluding hydrogens is 246 g/mol. The molecule has 1 N–H and O–H groups in total. The molecular formula is C18H29NO. The van der Waals surface area contributed by atoms with Crippen LogP contribution in [-0.4, -0.2) is 19.2 Å². The van der Waals surface area contributed by atoms with Crippen molar-refractivity contribution in [3.05, 3.63) is 29.8 Å². The largest absolute Gasteiger partial charge is 0.496 e. The molecule has 1 aromatic carbocycles. The van der Waals surface area contributed by atoms with Gasteiger partial charge in [-0.2, -0.15) is 0 Å². The van der Waals surface area contributed by atoms with E-state index in [2.05, 4.69) is 38.2 Å². The van der Waals surface area contributed by atoms with Crippen molar-refractivity contribution in [2.75, 3.05) is 7.11 Å². The van der Waals surface area contributed by atoms with Gasteiger partial charge in [-0.05, 0) is 49.7 Å². The number of methoxy groups -OCH3 is 1. The van der Waals surface area contributed by atoms with Crippen molar-refractivity contribution in [1.29, 1.82) is 0 Å². The summed E-state index contributed by atoms with van der Waals surface area (Å²) in [7, 11) is 1.75. The molecule has 2 heteroatoms. The van der Waals surface area contributed by atoms with Crippen LogP contribution in [0.2, 0.25) is 0 Å². The van der Waals surface area contributed by atoms with E-state index in [1.807, 2.05) is 12.1 Å². The van der Waals surface area contributed by atoms with Gasteiger partial charge in [-0.25, -0.2) is 0 Å². The predicted octanol–water partition coefficient (Wildman–Crippen LogP) is 4.18. The summed E-state index contributed by atoms with van der Waals surface area (Å²) in [6, 6.07) is 9.50. The summed E-state index contributed by atoms with van der Waals surface area (Å²) in [6.45, 7) is 7.07. The predicted molar refractivity (Wildman–Crippen MR) is 85.3 cm³/mol. The first-order valence-corrected chi connectivity index (χ1v) is 7.88. The van der Waals surface area contributed by atoms with E-state index < -0.39 is 0 Å². The molecule has 0 saturated heterocycles. The molecule has 20 heavy (non-hydrogen) atoms. The highest BCUT2D eigenvalue weighted by Crippen LogP contribution is 2.35. The first-order chi connectivity index (χ1) is 9.50. The van der Waals surface area contributed by atoms with Gasteiger partial charge in [0.1, 0.15) is 5.75 Å². The quantitative estimate of drug-likeness (QED) is 0.870. The number of benzene rings is 1. The van der Waals surface area contributed by atoms with Crippen LogP contribution in [0.1, 0.15) is 52.0 Å². The highest BCUT2D eigenvalue weighted by molar-refractivity contribution is 5.33. The number of hydrogen-bond acceptors (Lipinski definition) is 2. The van der Waals surface area contributed by atoms with Gasteiger partial charge in [0.25, 0.3) is 0 Å². The molecule has 0 aromatic heterocycles. The van der Waals surface area contributed by atoms with Gasteiger partial charge in [0.05, 0.1) is 7.11 Å². The smallest absolute Gasteiger partial charge is 0.122 e. The number of hydrogen-bond donors (Lipinski definition) is 1. The van der Waals surface area contributed by atoms with E-state index in [-0.39, 0.29) is 0 Å². The molecule has 2 unspecified atom stereocenters. The maximum Gasteiger partial charge on any atom is 0.122 e. The normalized spacial score (nSPS) is 23.3. The molecule has 1 aliphatic carbocycles. The zero-order valence-electron chi connectivity index (χ0n) is 13.4. The van der Waals surface area contributed by atoms with Crippen LogP contribution in [0.25, 0.3) is 0 Å². The van der Waals surface area contributed by atoms with E-state index in [9.17, 15) is 0 Å². The molecule has 1 aromatic rings. The Labute approximate surface area is 123 Å². The Morgan fingerprint density at radius 3 is 2.80 bits per heavy atom. The van der Waals surface area contributed by atoms with Crippen LogP contribution in [0.15, 0.2) is 24.3 Å². The van der Waals surface area contributed by atoms with Gasteiger partial charge in [-0.15, -0.1) is 0 Å². The molecule has 0 bridgehead atoms. The van der Waals surface area contributed by atoms with Gasteiger partial charge < -0.3 is 10.1 Å². The van der Waals surface area contributed by atoms with Gasteiger partial charge in [0, 0.05) is 12.1 Å². The Morgan fingerprint density at radius 2 is 2.10 bits per heavy atom. The molecule has 0 spiro atoms. The van der Waals surface area contributed by atoms with E-state index in [0.29, 0.717) is 17.5 Å². The molecule has 112 valence electrons. The molecule has 2 nitrogen and oxygen atoms in total. The lowest BCUT2D eigenvalue weighted by Crippen LogP contribution is -2.42. The van der Waals surface area contributed by atoms with E-state index in [0.717, 1.165) is 12.2 Å². The number of ether oxygens (including phenoxy) is 1. The van der Waals surface area contributed by atoms with Gasteiger partial charge in [0.15, 0.2) is 0 Å². The first-order valence-electron chi connectivity index (χ1n) is 7.88. The fourth-order valence-corrected chi connectivity index (χ4v) is 3.50. The van der Waals surface area contributed by atoms with E-state index in [1.165, 1.54) is 31.2 Å². The fourth-order valence-electron chi connectivity index (χ4n) is 3.50. The summed E-state index contributed by atoms with van der Waals surface area (Å²) in [6.07, 6.45) is 6.36. The molecule has 0 heterocycles. The second-order valence-electron chi connectivity index (χ2n) is 7.04. The van der Waals surface area contributed by atoms with Crippen LogP contribution in [0.5, 0.6) is 5.75 Å². The molecule has 0 amide bonds. The standard InChI is InChI=1S/C18H29NO/c1-14(12-15-8-5-6-10-17(15)20-4)19-16-9-7-11-18(2,3)13-16/h5-6,8,10,14,16,19H,7,9,11-13H2,1-4H3. The molecule has 0 aliphatic heterocycles. The van der Waals surface area contributed by atoms with Crippen molar-refractivity contribution in [3.63, 3.8) is 0 Å². The molecule has 0 radical (unpaired) electrons. The van der Waals surface area contributed by atoms with E-state index >= 15 is 0 Å². The molecule has 1 saturated carbocycles. The summed E-state index contributed by atoms with van der Waals surface area (Å²) in [5.41, 5.74) is 1.80. The minimum atomic E-state index is 0.491. The average Bonchev–Trinajstić information content (AvgIpc) is 2.38. The lowest BCUT2D eigenvalue weighted by Gasteiger charge is -2.37. The summed E-state index contributed by atoms with van der Waals surface area (Å²) < 4.78 is 5.44. The maximum atomic E-state index is 5.44. The first kappa shape index (κ1) is 15.4. The minimum absolute atomic E-state index is 0.491. The zero-order chi connectivity index (χ0) is 14.6. The van der Waals surface area contributed by atoms with Crippen molar-refractivity contribution < 1.29 is 4.74 Å². The lowest BCUT2D eigenvalue weighted by molar-refractivity contribution is 0.190. The highest BCUT2D eigenvalue weighted by Gasteiger charge is 2.28. The molecule has 2 rings (SSSR count). The third-order valence-corrected chi connectivity index (χ3v) is 4.44. The van der Waals surface area contributed by atoms with Crippen LogP contribution >= 0.6 is 0 Å². The van der Waals surface area contributed by atoms with Crippen molar-refractivity contribution in [1.82, 2.24) is 5.32 Å². The van der Waals surface area contributed by atoms with Crippen LogP contribution in [0.4, 0.5) is 0 Å². The Kier molecular flexibility index (Phi) is 5.09. The summed E-state index contributed by atoms with van der Waals surface area (Å²) >= 11 is 0. The van der Waals surface area contributed by atoms with Crippen molar-refractivity contribution in [2.24, 2.45) is 5.41 Å². The van der Waals surface area contributed by atoms with Crippen LogP contribution < -0.4 is 10.1 Å².